The molecule has 0 spiro atoms. The monoisotopic (exact) mass is 322 g/mol. The Labute approximate surface area is 139 Å². The molecule has 0 bridgehead atoms. The summed E-state index contributed by atoms with van der Waals surface area (Å²) in [6.45, 7) is 4.03. The maximum absolute atomic E-state index is 12.6. The highest BCUT2D eigenvalue weighted by atomic mass is 35.5. The number of carbonyl (C=O) groups excluding carboxylic acids is 1. The maximum atomic E-state index is 12.6. The van der Waals surface area contributed by atoms with E-state index in [9.17, 15) is 4.79 Å². The third kappa shape index (κ3) is 4.47. The molecule has 2 rings (SSSR count). The van der Waals surface area contributed by atoms with Gasteiger partial charge >= 0.3 is 0 Å². The molecule has 3 nitrogen and oxygen atoms in total. The lowest BCUT2D eigenvalue weighted by Gasteiger charge is -2.33. The van der Waals surface area contributed by atoms with Crippen LogP contribution in [0.5, 0.6) is 0 Å². The number of nitrogens with one attached hydrogen (secondary N) is 1. The highest BCUT2D eigenvalue weighted by Crippen LogP contribution is 2.22. The fourth-order valence-corrected chi connectivity index (χ4v) is 3.37. The molecule has 0 saturated heterocycles. The summed E-state index contributed by atoms with van der Waals surface area (Å²) in [5.41, 5.74) is 1.14. The number of hydrogen-bond acceptors (Lipinski definition) is 2. The van der Waals surface area contributed by atoms with Crippen molar-refractivity contribution in [1.82, 2.24) is 10.2 Å². The molecular weight excluding hydrogens is 296 g/mol. The topological polar surface area (TPSA) is 32.3 Å². The Morgan fingerprint density at radius 2 is 1.77 bits per heavy atom. The summed E-state index contributed by atoms with van der Waals surface area (Å²) in [6.07, 6.45) is 6.07. The van der Waals surface area contributed by atoms with Crippen LogP contribution in [0.25, 0.3) is 0 Å². The standard InChI is InChI=1S/C18H27ClN2O/c1-13(15-9-11-16(19)12-10-15)20-14(2)18(22)21(3)17-7-5-4-6-8-17/h9-14,17,20H,4-8H2,1-3H3. The van der Waals surface area contributed by atoms with Crippen molar-refractivity contribution in [3.05, 3.63) is 34.9 Å². The van der Waals surface area contributed by atoms with Gasteiger partial charge in [0.15, 0.2) is 0 Å². The highest BCUT2D eigenvalue weighted by molar-refractivity contribution is 6.30. The molecule has 4 heteroatoms. The van der Waals surface area contributed by atoms with E-state index < -0.39 is 0 Å². The van der Waals surface area contributed by atoms with Crippen LogP contribution in [0, 0.1) is 0 Å². The van der Waals surface area contributed by atoms with Crippen molar-refractivity contribution < 1.29 is 4.79 Å². The van der Waals surface area contributed by atoms with Gasteiger partial charge in [-0.05, 0) is 44.4 Å². The van der Waals surface area contributed by atoms with Crippen LogP contribution in [-0.4, -0.2) is 29.9 Å². The minimum Gasteiger partial charge on any atom is -0.341 e. The summed E-state index contributed by atoms with van der Waals surface area (Å²) in [5, 5.41) is 4.13. The van der Waals surface area contributed by atoms with Crippen LogP contribution < -0.4 is 5.32 Å². The Morgan fingerprint density at radius 3 is 2.36 bits per heavy atom. The summed E-state index contributed by atoms with van der Waals surface area (Å²) >= 11 is 5.92. The van der Waals surface area contributed by atoms with Gasteiger partial charge in [0.2, 0.25) is 5.91 Å². The van der Waals surface area contributed by atoms with Gasteiger partial charge in [-0.3, -0.25) is 10.1 Å². The first-order valence-electron chi connectivity index (χ1n) is 8.27. The van der Waals surface area contributed by atoms with Crippen LogP contribution >= 0.6 is 11.6 Å². The van der Waals surface area contributed by atoms with E-state index in [-0.39, 0.29) is 18.0 Å². The molecule has 0 aromatic heterocycles. The van der Waals surface area contributed by atoms with Gasteiger partial charge in [0.05, 0.1) is 6.04 Å². The Morgan fingerprint density at radius 1 is 1.18 bits per heavy atom. The van der Waals surface area contributed by atoms with E-state index >= 15 is 0 Å². The molecule has 0 aliphatic heterocycles. The van der Waals surface area contributed by atoms with Gasteiger partial charge in [0.25, 0.3) is 0 Å². The highest BCUT2D eigenvalue weighted by Gasteiger charge is 2.26. The predicted octanol–water partition coefficient (Wildman–Crippen LogP) is 4.17. The summed E-state index contributed by atoms with van der Waals surface area (Å²) in [4.78, 5) is 14.6. The van der Waals surface area contributed by atoms with Crippen LogP contribution in [0.15, 0.2) is 24.3 Å². The van der Waals surface area contributed by atoms with Gasteiger partial charge in [0.1, 0.15) is 0 Å². The molecule has 1 N–H and O–H groups in total. The molecular formula is C18H27ClN2O. The van der Waals surface area contributed by atoms with E-state index in [4.69, 9.17) is 11.6 Å². The van der Waals surface area contributed by atoms with Crippen molar-refractivity contribution in [2.75, 3.05) is 7.05 Å². The number of hydrogen-bond donors (Lipinski definition) is 1. The largest absolute Gasteiger partial charge is 0.341 e. The molecule has 22 heavy (non-hydrogen) atoms. The summed E-state index contributed by atoms with van der Waals surface area (Å²) in [6, 6.07) is 8.13. The molecule has 1 aromatic rings. The maximum Gasteiger partial charge on any atom is 0.239 e. The molecule has 2 atom stereocenters. The summed E-state index contributed by atoms with van der Waals surface area (Å²) < 4.78 is 0. The molecule has 1 fully saturated rings. The first-order valence-corrected chi connectivity index (χ1v) is 8.65. The zero-order valence-electron chi connectivity index (χ0n) is 13.8. The van der Waals surface area contributed by atoms with Crippen LogP contribution in [0.4, 0.5) is 0 Å². The van der Waals surface area contributed by atoms with Crippen molar-refractivity contribution in [3.8, 4) is 0 Å². The lowest BCUT2D eigenvalue weighted by atomic mass is 9.94. The van der Waals surface area contributed by atoms with Crippen molar-refractivity contribution in [2.24, 2.45) is 0 Å². The second-order valence-electron chi connectivity index (χ2n) is 6.40. The first-order chi connectivity index (χ1) is 10.5. The molecule has 1 aliphatic carbocycles. The van der Waals surface area contributed by atoms with Crippen LogP contribution in [0.2, 0.25) is 5.02 Å². The van der Waals surface area contributed by atoms with Gasteiger partial charge < -0.3 is 4.90 Å². The zero-order chi connectivity index (χ0) is 16.1. The first kappa shape index (κ1) is 17.3. The number of halogens is 1. The average Bonchev–Trinajstić information content (AvgIpc) is 2.54. The van der Waals surface area contributed by atoms with Gasteiger partial charge in [-0.1, -0.05) is 43.0 Å². The average molecular weight is 323 g/mol. The van der Waals surface area contributed by atoms with E-state index in [0.717, 1.165) is 23.4 Å². The fourth-order valence-electron chi connectivity index (χ4n) is 3.25. The molecule has 0 heterocycles. The molecule has 122 valence electrons. The zero-order valence-corrected chi connectivity index (χ0v) is 14.6. The molecule has 1 aromatic carbocycles. The molecule has 2 unspecified atom stereocenters. The van der Waals surface area contributed by atoms with Gasteiger partial charge in [-0.2, -0.15) is 0 Å². The summed E-state index contributed by atoms with van der Waals surface area (Å²) in [7, 11) is 1.95. The SMILES string of the molecule is CC(NC(C)c1ccc(Cl)cc1)C(=O)N(C)C1CCCCC1. The van der Waals surface area contributed by atoms with Crippen LogP contribution in [-0.2, 0) is 4.79 Å². The van der Waals surface area contributed by atoms with Gasteiger partial charge in [0, 0.05) is 24.2 Å². The van der Waals surface area contributed by atoms with Gasteiger partial charge in [-0.25, -0.2) is 0 Å². The molecule has 0 radical (unpaired) electrons. The summed E-state index contributed by atoms with van der Waals surface area (Å²) in [5.74, 6) is 0.188. The second-order valence-corrected chi connectivity index (χ2v) is 6.84. The van der Waals surface area contributed by atoms with Crippen LogP contribution in [0.3, 0.4) is 0 Å². The third-order valence-electron chi connectivity index (χ3n) is 4.71. The third-order valence-corrected chi connectivity index (χ3v) is 4.96. The molecule has 1 saturated carbocycles. The molecule has 1 aliphatic rings. The normalized spacial score (nSPS) is 18.7. The van der Waals surface area contributed by atoms with Crippen LogP contribution in [0.1, 0.15) is 57.6 Å². The number of rotatable bonds is 5. The Bertz CT molecular complexity index is 482. The van der Waals surface area contributed by atoms with Gasteiger partial charge in [-0.15, -0.1) is 0 Å². The quantitative estimate of drug-likeness (QED) is 0.882. The Balaban J connectivity index is 1.91. The van der Waals surface area contributed by atoms with Crippen molar-refractivity contribution >= 4 is 17.5 Å². The van der Waals surface area contributed by atoms with Crippen molar-refractivity contribution in [1.29, 1.82) is 0 Å². The van der Waals surface area contributed by atoms with E-state index in [1.165, 1.54) is 19.3 Å². The number of likely N-dealkylation sites (N-methyl/N-ethyl adjacent to an activating group) is 1. The minimum atomic E-state index is -0.183. The van der Waals surface area contributed by atoms with E-state index in [2.05, 4.69) is 12.2 Å². The second kappa shape index (κ2) is 7.98. The predicted molar refractivity (Wildman–Crippen MR) is 92.1 cm³/mol. The smallest absolute Gasteiger partial charge is 0.239 e. The minimum absolute atomic E-state index is 0.121. The lowest BCUT2D eigenvalue weighted by Crippen LogP contribution is -2.48. The van der Waals surface area contributed by atoms with Crippen molar-refractivity contribution in [2.45, 2.75) is 64.1 Å². The lowest BCUT2D eigenvalue weighted by molar-refractivity contribution is -0.134. The number of nitrogens with zero attached hydrogens (tertiary/aromatic N) is 1. The van der Waals surface area contributed by atoms with E-state index in [1.54, 1.807) is 0 Å². The van der Waals surface area contributed by atoms with Crippen molar-refractivity contribution in [3.63, 3.8) is 0 Å². The molecule has 1 amide bonds. The Hall–Kier alpha value is -1.06. The number of benzene rings is 1. The Kier molecular flexibility index (Phi) is 6.27. The fraction of sp³-hybridized carbons (Fsp3) is 0.611. The number of amides is 1. The van der Waals surface area contributed by atoms with E-state index in [1.807, 2.05) is 43.1 Å². The number of carbonyl (C=O) groups is 1. The van der Waals surface area contributed by atoms with E-state index in [0.29, 0.717) is 6.04 Å².